The summed E-state index contributed by atoms with van der Waals surface area (Å²) in [4.78, 5) is 28.3. The van der Waals surface area contributed by atoms with Crippen molar-refractivity contribution in [3.8, 4) is 11.5 Å². The molecule has 1 fully saturated rings. The molecule has 1 aromatic carbocycles. The highest BCUT2D eigenvalue weighted by atomic mass is 16.6. The Balaban J connectivity index is 1.37. The average molecular weight is 428 g/mol. The zero-order valence-electron chi connectivity index (χ0n) is 17.9. The third-order valence-corrected chi connectivity index (χ3v) is 5.54. The van der Waals surface area contributed by atoms with Gasteiger partial charge >= 0.3 is 6.03 Å². The first-order valence-corrected chi connectivity index (χ1v) is 10.6. The van der Waals surface area contributed by atoms with Crippen molar-refractivity contribution < 1.29 is 19.1 Å². The molecule has 1 N–H and O–H groups in total. The number of nitrogens with one attached hydrogen (secondary N) is 1. The molecule has 2 aromatic rings. The molecule has 1 unspecified atom stereocenters. The van der Waals surface area contributed by atoms with Crippen molar-refractivity contribution in [3.63, 3.8) is 0 Å². The number of likely N-dealkylation sites (tertiary alicyclic amines) is 1. The van der Waals surface area contributed by atoms with E-state index in [9.17, 15) is 9.59 Å². The van der Waals surface area contributed by atoms with Crippen molar-refractivity contribution >= 4 is 17.6 Å². The Bertz CT molecular complexity index is 944. The number of anilines is 1. The van der Waals surface area contributed by atoms with Crippen LogP contribution in [0, 0.1) is 0 Å². The van der Waals surface area contributed by atoms with Crippen LogP contribution in [0.4, 0.5) is 10.5 Å². The molecule has 1 aromatic heterocycles. The summed E-state index contributed by atoms with van der Waals surface area (Å²) in [6.45, 7) is 2.34. The van der Waals surface area contributed by atoms with Crippen molar-refractivity contribution in [2.75, 3.05) is 39.2 Å². The van der Waals surface area contributed by atoms with E-state index in [2.05, 4.69) is 15.6 Å². The van der Waals surface area contributed by atoms with Crippen molar-refractivity contribution in [1.82, 2.24) is 24.8 Å². The predicted molar refractivity (Wildman–Crippen MR) is 113 cm³/mol. The van der Waals surface area contributed by atoms with Gasteiger partial charge in [0, 0.05) is 45.0 Å². The molecule has 4 rings (SSSR count). The predicted octanol–water partition coefficient (Wildman–Crippen LogP) is 2.23. The number of hydrogen-bond donors (Lipinski definition) is 1. The third-order valence-electron chi connectivity index (χ3n) is 5.54. The summed E-state index contributed by atoms with van der Waals surface area (Å²) in [5, 5.41) is 11.0. The molecule has 10 nitrogen and oxygen atoms in total. The van der Waals surface area contributed by atoms with Gasteiger partial charge in [0.1, 0.15) is 13.2 Å². The maximum atomic E-state index is 13.0. The largest absolute Gasteiger partial charge is 0.486 e. The Labute approximate surface area is 181 Å². The summed E-state index contributed by atoms with van der Waals surface area (Å²) >= 11 is 0. The molecule has 2 aliphatic rings. The minimum absolute atomic E-state index is 0.100. The topological polar surface area (TPSA) is 102 Å². The lowest BCUT2D eigenvalue weighted by Gasteiger charge is -2.35. The highest BCUT2D eigenvalue weighted by molar-refractivity contribution is 5.91. The highest BCUT2D eigenvalue weighted by Crippen LogP contribution is 2.33. The van der Waals surface area contributed by atoms with E-state index in [-0.39, 0.29) is 18.0 Å². The Kier molecular flexibility index (Phi) is 6.24. The van der Waals surface area contributed by atoms with Gasteiger partial charge in [-0.25, -0.2) is 4.79 Å². The van der Waals surface area contributed by atoms with Crippen LogP contribution >= 0.6 is 0 Å². The monoisotopic (exact) mass is 428 g/mol. The number of benzene rings is 1. The number of aryl methyl sites for hydroxylation is 1. The summed E-state index contributed by atoms with van der Waals surface area (Å²) in [6, 6.07) is 5.41. The minimum atomic E-state index is -0.177. The Morgan fingerprint density at radius 1 is 1.19 bits per heavy atom. The fourth-order valence-electron chi connectivity index (χ4n) is 3.90. The number of hydrogen-bond acceptors (Lipinski definition) is 6. The van der Waals surface area contributed by atoms with E-state index in [0.29, 0.717) is 49.2 Å². The minimum Gasteiger partial charge on any atom is -0.486 e. The fourth-order valence-corrected chi connectivity index (χ4v) is 3.90. The van der Waals surface area contributed by atoms with E-state index in [1.165, 1.54) is 4.90 Å². The molecular formula is C21H28N6O4. The van der Waals surface area contributed by atoms with Gasteiger partial charge in [-0.1, -0.05) is 5.21 Å². The van der Waals surface area contributed by atoms with Crippen molar-refractivity contribution in [1.29, 1.82) is 0 Å². The van der Waals surface area contributed by atoms with E-state index in [1.807, 2.05) is 17.0 Å². The molecule has 0 radical (unpaired) electrons. The number of fused-ring (bicyclic) bond motifs is 1. The summed E-state index contributed by atoms with van der Waals surface area (Å²) in [5.74, 6) is 1.16. The molecule has 31 heavy (non-hydrogen) atoms. The number of nitrogens with zero attached hydrogens (tertiary/aromatic N) is 5. The molecule has 3 amide bonds. The van der Waals surface area contributed by atoms with Gasteiger partial charge in [-0.3, -0.25) is 9.48 Å². The first-order chi connectivity index (χ1) is 15.0. The Morgan fingerprint density at radius 2 is 2.00 bits per heavy atom. The molecule has 0 aliphatic carbocycles. The number of ether oxygens (including phenoxy) is 2. The van der Waals surface area contributed by atoms with Crippen LogP contribution in [0.15, 0.2) is 24.4 Å². The van der Waals surface area contributed by atoms with Gasteiger partial charge in [0.05, 0.1) is 6.20 Å². The fraction of sp³-hybridized carbons (Fsp3) is 0.524. The second-order valence-electron chi connectivity index (χ2n) is 7.99. The molecular weight excluding hydrogens is 400 g/mol. The van der Waals surface area contributed by atoms with Crippen LogP contribution in [0.2, 0.25) is 0 Å². The number of aromatic nitrogens is 3. The first kappa shape index (κ1) is 21.0. The summed E-state index contributed by atoms with van der Waals surface area (Å²) < 4.78 is 12.8. The zero-order chi connectivity index (χ0) is 21.8. The van der Waals surface area contributed by atoms with Crippen molar-refractivity contribution in [3.05, 3.63) is 30.1 Å². The molecule has 166 valence electrons. The Morgan fingerprint density at radius 3 is 2.81 bits per heavy atom. The first-order valence-electron chi connectivity index (χ1n) is 10.6. The van der Waals surface area contributed by atoms with Crippen LogP contribution in [0.1, 0.15) is 36.2 Å². The Hall–Kier alpha value is -3.30. The molecule has 2 aliphatic heterocycles. The van der Waals surface area contributed by atoms with Crippen LogP contribution in [0.5, 0.6) is 11.5 Å². The van der Waals surface area contributed by atoms with Gasteiger partial charge < -0.3 is 24.6 Å². The number of rotatable bonds is 5. The highest BCUT2D eigenvalue weighted by Gasteiger charge is 2.27. The van der Waals surface area contributed by atoms with Crippen molar-refractivity contribution in [2.45, 2.75) is 38.3 Å². The number of piperidine rings is 1. The summed E-state index contributed by atoms with van der Waals surface area (Å²) in [6.07, 6.45) is 5.40. The zero-order valence-corrected chi connectivity index (χ0v) is 17.9. The molecule has 1 saturated heterocycles. The molecule has 0 bridgehead atoms. The van der Waals surface area contributed by atoms with Crippen LogP contribution in [-0.2, 0) is 6.54 Å². The number of carbonyl (C=O) groups excluding carboxylic acids is 2. The van der Waals surface area contributed by atoms with E-state index in [0.717, 1.165) is 25.7 Å². The summed E-state index contributed by atoms with van der Waals surface area (Å²) in [5.41, 5.74) is 1.00. The second-order valence-corrected chi connectivity index (χ2v) is 7.99. The molecule has 10 heteroatoms. The number of carbonyl (C=O) groups is 2. The molecule has 0 saturated carbocycles. The lowest BCUT2D eigenvalue weighted by atomic mass is 10.00. The molecule has 0 spiro atoms. The molecule has 1 atom stereocenters. The average Bonchev–Trinajstić information content (AvgIpc) is 3.26. The summed E-state index contributed by atoms with van der Waals surface area (Å²) in [7, 11) is 3.36. The second kappa shape index (κ2) is 9.23. The normalized spacial score (nSPS) is 17.9. The third kappa shape index (κ3) is 4.89. The number of amides is 3. The quantitative estimate of drug-likeness (QED) is 0.784. The van der Waals surface area contributed by atoms with E-state index in [1.54, 1.807) is 31.0 Å². The standard InChI is InChI=1S/C21H28N6O4/c1-25(2)20(28)17-14-26(24-23-17)10-8-16-5-3-4-9-27(16)21(29)22-15-6-7-18-19(13-15)31-12-11-30-18/h6-7,13-14,16H,3-5,8-12H2,1-2H3,(H,22,29). The van der Waals surface area contributed by atoms with Gasteiger partial charge in [-0.15, -0.1) is 5.10 Å². The lowest BCUT2D eigenvalue weighted by Crippen LogP contribution is -2.46. The number of urea groups is 1. The SMILES string of the molecule is CN(C)C(=O)c1cn(CCC2CCCCN2C(=O)Nc2ccc3c(c2)OCCO3)nn1. The van der Waals surface area contributed by atoms with Gasteiger partial charge in [0.25, 0.3) is 5.91 Å². The van der Waals surface area contributed by atoms with Gasteiger partial charge in [-0.05, 0) is 37.8 Å². The smallest absolute Gasteiger partial charge is 0.322 e. The van der Waals surface area contributed by atoms with Crippen LogP contribution in [-0.4, -0.2) is 76.6 Å². The maximum absolute atomic E-state index is 13.0. The van der Waals surface area contributed by atoms with Gasteiger partial charge in [0.15, 0.2) is 17.2 Å². The van der Waals surface area contributed by atoms with Gasteiger partial charge in [-0.2, -0.15) is 0 Å². The van der Waals surface area contributed by atoms with E-state index < -0.39 is 0 Å². The lowest BCUT2D eigenvalue weighted by molar-refractivity contribution is 0.0822. The van der Waals surface area contributed by atoms with Crippen LogP contribution in [0.25, 0.3) is 0 Å². The van der Waals surface area contributed by atoms with Gasteiger partial charge in [0.2, 0.25) is 0 Å². The van der Waals surface area contributed by atoms with E-state index in [4.69, 9.17) is 9.47 Å². The van der Waals surface area contributed by atoms with E-state index >= 15 is 0 Å². The maximum Gasteiger partial charge on any atom is 0.322 e. The van der Waals surface area contributed by atoms with Crippen LogP contribution in [0.3, 0.4) is 0 Å². The van der Waals surface area contributed by atoms with Crippen LogP contribution < -0.4 is 14.8 Å². The van der Waals surface area contributed by atoms with Crippen molar-refractivity contribution in [2.24, 2.45) is 0 Å². The molecule has 3 heterocycles.